The van der Waals surface area contributed by atoms with Crippen molar-refractivity contribution in [1.82, 2.24) is 9.78 Å². The Balaban J connectivity index is 1.93. The number of para-hydroxylation sites is 1. The number of amides is 1. The minimum Gasteiger partial charge on any atom is -0.366 e. The van der Waals surface area contributed by atoms with E-state index in [0.29, 0.717) is 5.56 Å². The average Bonchev–Trinajstić information content (AvgIpc) is 3.10. The van der Waals surface area contributed by atoms with Crippen LogP contribution in [0.25, 0.3) is 5.69 Å². The molecule has 128 valence electrons. The van der Waals surface area contributed by atoms with Crippen LogP contribution in [0.2, 0.25) is 0 Å². The van der Waals surface area contributed by atoms with Crippen molar-refractivity contribution in [2.24, 2.45) is 5.73 Å². The van der Waals surface area contributed by atoms with Gasteiger partial charge in [-0.25, -0.2) is 4.68 Å². The zero-order valence-corrected chi connectivity index (χ0v) is 14.5. The van der Waals surface area contributed by atoms with Gasteiger partial charge in [0.2, 0.25) is 5.91 Å². The molecule has 1 amide bonds. The first-order valence-electron chi connectivity index (χ1n) is 8.46. The van der Waals surface area contributed by atoms with Crippen molar-refractivity contribution in [1.29, 1.82) is 0 Å². The van der Waals surface area contributed by atoms with Gasteiger partial charge in [0.05, 0.1) is 5.69 Å². The Hall–Kier alpha value is -3.08. The van der Waals surface area contributed by atoms with Crippen molar-refractivity contribution in [3.63, 3.8) is 0 Å². The Morgan fingerprint density at radius 3 is 2.40 bits per heavy atom. The molecule has 1 heterocycles. The molecule has 0 unspecified atom stereocenters. The number of nitrogens with zero attached hydrogens (tertiary/aromatic N) is 2. The molecule has 2 aromatic carbocycles. The maximum Gasteiger partial charge on any atom is 0.248 e. The molecule has 0 aliphatic heterocycles. The highest BCUT2D eigenvalue weighted by atomic mass is 16.1. The minimum atomic E-state index is -0.383. The van der Waals surface area contributed by atoms with Crippen LogP contribution in [0.3, 0.4) is 0 Å². The summed E-state index contributed by atoms with van der Waals surface area (Å²) in [5.74, 6) is 0.374. The fourth-order valence-corrected chi connectivity index (χ4v) is 3.10. The number of carbonyl (C=O) groups is 1. The van der Waals surface area contributed by atoms with Gasteiger partial charge in [-0.1, -0.05) is 32.0 Å². The second-order valence-corrected chi connectivity index (χ2v) is 5.80. The second kappa shape index (κ2) is 7.21. The van der Waals surface area contributed by atoms with E-state index in [4.69, 9.17) is 5.73 Å². The third-order valence-corrected chi connectivity index (χ3v) is 4.28. The molecule has 0 bridgehead atoms. The van der Waals surface area contributed by atoms with E-state index in [0.717, 1.165) is 41.2 Å². The van der Waals surface area contributed by atoms with Gasteiger partial charge in [0.25, 0.3) is 0 Å². The van der Waals surface area contributed by atoms with Crippen LogP contribution < -0.4 is 11.1 Å². The number of nitrogens with two attached hydrogens (primary N) is 1. The summed E-state index contributed by atoms with van der Waals surface area (Å²) in [5, 5.41) is 7.95. The number of hydrogen-bond acceptors (Lipinski definition) is 3. The van der Waals surface area contributed by atoms with Crippen LogP contribution in [0.4, 0.5) is 11.5 Å². The van der Waals surface area contributed by atoms with Crippen LogP contribution in [-0.4, -0.2) is 15.7 Å². The molecule has 0 radical (unpaired) electrons. The van der Waals surface area contributed by atoms with Crippen molar-refractivity contribution in [3.05, 3.63) is 71.4 Å². The highest BCUT2D eigenvalue weighted by Gasteiger charge is 2.15. The molecule has 1 aromatic heterocycles. The van der Waals surface area contributed by atoms with Crippen molar-refractivity contribution in [2.45, 2.75) is 26.7 Å². The molecule has 0 atom stereocenters. The summed E-state index contributed by atoms with van der Waals surface area (Å²) in [4.78, 5) is 11.7. The lowest BCUT2D eigenvalue weighted by Gasteiger charge is -2.16. The van der Waals surface area contributed by atoms with Gasteiger partial charge < -0.3 is 11.1 Å². The van der Waals surface area contributed by atoms with Crippen LogP contribution in [0.1, 0.15) is 35.3 Å². The summed E-state index contributed by atoms with van der Waals surface area (Å²) in [6.45, 7) is 4.11. The predicted octanol–water partition coefficient (Wildman–Crippen LogP) is 3.84. The number of anilines is 2. The van der Waals surface area contributed by atoms with Crippen LogP contribution >= 0.6 is 0 Å². The monoisotopic (exact) mass is 334 g/mol. The van der Waals surface area contributed by atoms with Crippen LogP contribution in [0.5, 0.6) is 0 Å². The van der Waals surface area contributed by atoms with E-state index in [9.17, 15) is 4.79 Å². The fourth-order valence-electron chi connectivity index (χ4n) is 3.10. The smallest absolute Gasteiger partial charge is 0.248 e. The molecule has 3 N–H and O–H groups in total. The Labute approximate surface area is 147 Å². The highest BCUT2D eigenvalue weighted by molar-refractivity contribution is 5.95. The Kier molecular flexibility index (Phi) is 4.84. The van der Waals surface area contributed by atoms with E-state index in [1.165, 1.54) is 0 Å². The van der Waals surface area contributed by atoms with Gasteiger partial charge >= 0.3 is 0 Å². The van der Waals surface area contributed by atoms with E-state index >= 15 is 0 Å². The molecule has 3 rings (SSSR count). The molecule has 0 aliphatic carbocycles. The fraction of sp³-hybridized carbons (Fsp3) is 0.200. The summed E-state index contributed by atoms with van der Waals surface area (Å²) in [7, 11) is 0. The first-order chi connectivity index (χ1) is 12.1. The van der Waals surface area contributed by atoms with Gasteiger partial charge in [-0.3, -0.25) is 4.79 Å². The lowest BCUT2D eigenvalue weighted by molar-refractivity contribution is 0.0999. The maximum absolute atomic E-state index is 11.7. The van der Waals surface area contributed by atoms with E-state index < -0.39 is 0 Å². The van der Waals surface area contributed by atoms with Gasteiger partial charge in [-0.2, -0.15) is 5.10 Å². The summed E-state index contributed by atoms with van der Waals surface area (Å²) >= 11 is 0. The van der Waals surface area contributed by atoms with E-state index in [2.05, 4.69) is 17.3 Å². The number of primary amides is 1. The van der Waals surface area contributed by atoms with E-state index in [1.807, 2.05) is 60.3 Å². The molecule has 5 nitrogen and oxygen atoms in total. The average molecular weight is 334 g/mol. The van der Waals surface area contributed by atoms with Gasteiger partial charge in [0, 0.05) is 23.5 Å². The molecule has 0 aliphatic rings. The third kappa shape index (κ3) is 3.40. The molecular weight excluding hydrogens is 312 g/mol. The summed E-state index contributed by atoms with van der Waals surface area (Å²) < 4.78 is 1.83. The quantitative estimate of drug-likeness (QED) is 0.719. The first-order valence-corrected chi connectivity index (χ1v) is 8.46. The largest absolute Gasteiger partial charge is 0.366 e. The normalized spacial score (nSPS) is 10.6. The maximum atomic E-state index is 11.7. The Morgan fingerprint density at radius 2 is 1.76 bits per heavy atom. The molecule has 0 saturated carbocycles. The number of hydrogen-bond donors (Lipinski definition) is 2. The number of carbonyl (C=O) groups excluding carboxylic acids is 1. The Morgan fingerprint density at radius 1 is 1.04 bits per heavy atom. The van der Waals surface area contributed by atoms with Crippen LogP contribution in [0, 0.1) is 0 Å². The van der Waals surface area contributed by atoms with Gasteiger partial charge in [-0.05, 0) is 48.2 Å². The number of rotatable bonds is 6. The van der Waals surface area contributed by atoms with Gasteiger partial charge in [-0.15, -0.1) is 0 Å². The van der Waals surface area contributed by atoms with Crippen LogP contribution in [0.15, 0.2) is 54.7 Å². The lowest BCUT2D eigenvalue weighted by atomic mass is 9.95. The number of aromatic nitrogens is 2. The standard InChI is InChI=1S/C20H22N4O/c1-3-15-16(4-2)18(11-10-17(15)20(21)25)22-19-12-13-24(23-19)14-8-6-5-7-9-14/h5-13H,3-4H2,1-2H3,(H2,21,25)(H,22,23). The number of nitrogens with one attached hydrogen (secondary N) is 1. The molecule has 5 heteroatoms. The van der Waals surface area contributed by atoms with Crippen LogP contribution in [-0.2, 0) is 12.8 Å². The summed E-state index contributed by atoms with van der Waals surface area (Å²) in [6.07, 6.45) is 3.49. The van der Waals surface area contributed by atoms with E-state index in [1.54, 1.807) is 6.07 Å². The van der Waals surface area contributed by atoms with Crippen molar-refractivity contribution >= 4 is 17.4 Å². The third-order valence-electron chi connectivity index (χ3n) is 4.28. The topological polar surface area (TPSA) is 72.9 Å². The molecule has 0 spiro atoms. The zero-order chi connectivity index (χ0) is 17.8. The molecule has 0 saturated heterocycles. The molecule has 0 fully saturated rings. The molecular formula is C20H22N4O. The van der Waals surface area contributed by atoms with Crippen molar-refractivity contribution in [3.8, 4) is 5.69 Å². The first kappa shape index (κ1) is 16.8. The number of benzene rings is 2. The zero-order valence-electron chi connectivity index (χ0n) is 14.5. The SMILES string of the molecule is CCc1c(Nc2ccn(-c3ccccc3)n2)ccc(C(N)=O)c1CC. The van der Waals surface area contributed by atoms with Gasteiger partial charge in [0.1, 0.15) is 0 Å². The minimum absolute atomic E-state index is 0.383. The second-order valence-electron chi connectivity index (χ2n) is 5.80. The summed E-state index contributed by atoms with van der Waals surface area (Å²) in [6, 6.07) is 15.6. The predicted molar refractivity (Wildman–Crippen MR) is 101 cm³/mol. The van der Waals surface area contributed by atoms with E-state index in [-0.39, 0.29) is 5.91 Å². The highest BCUT2D eigenvalue weighted by Crippen LogP contribution is 2.27. The molecule has 3 aromatic rings. The van der Waals surface area contributed by atoms with Crippen molar-refractivity contribution in [2.75, 3.05) is 5.32 Å². The molecule has 25 heavy (non-hydrogen) atoms. The van der Waals surface area contributed by atoms with Gasteiger partial charge in [0.15, 0.2) is 5.82 Å². The Bertz CT molecular complexity index is 884. The van der Waals surface area contributed by atoms with Crippen molar-refractivity contribution < 1.29 is 4.79 Å². The summed E-state index contributed by atoms with van der Waals surface area (Å²) in [5.41, 5.74) is 10.2. The lowest BCUT2D eigenvalue weighted by Crippen LogP contribution is -2.15.